The molecule has 100 valence electrons. The summed E-state index contributed by atoms with van der Waals surface area (Å²) in [5.74, 6) is 0.0605. The Bertz CT molecular complexity index is 797. The summed E-state index contributed by atoms with van der Waals surface area (Å²) in [7, 11) is 0. The van der Waals surface area contributed by atoms with E-state index in [0.29, 0.717) is 0 Å². The summed E-state index contributed by atoms with van der Waals surface area (Å²) >= 11 is 3.44. The maximum absolute atomic E-state index is 12.7. The third kappa shape index (κ3) is 2.29. The number of nitrogens with one attached hydrogen (secondary N) is 1. The summed E-state index contributed by atoms with van der Waals surface area (Å²) in [5, 5.41) is 0.956. The van der Waals surface area contributed by atoms with Crippen molar-refractivity contribution in [2.24, 2.45) is 0 Å². The van der Waals surface area contributed by atoms with E-state index in [0.717, 1.165) is 37.6 Å². The number of benzene rings is 2. The number of aromatic nitrogens is 1. The van der Waals surface area contributed by atoms with Crippen molar-refractivity contribution < 1.29 is 4.79 Å². The summed E-state index contributed by atoms with van der Waals surface area (Å²) in [6, 6.07) is 11.8. The second-order valence-corrected chi connectivity index (χ2v) is 6.01. The van der Waals surface area contributed by atoms with E-state index in [9.17, 15) is 4.79 Å². The average molecular weight is 328 g/mol. The largest absolute Gasteiger partial charge is 0.360 e. The van der Waals surface area contributed by atoms with Crippen molar-refractivity contribution in [2.75, 3.05) is 0 Å². The Morgan fingerprint density at radius 2 is 1.75 bits per heavy atom. The van der Waals surface area contributed by atoms with Gasteiger partial charge in [0, 0.05) is 32.7 Å². The molecule has 0 radical (unpaired) electrons. The van der Waals surface area contributed by atoms with Crippen LogP contribution >= 0.6 is 15.9 Å². The molecule has 0 bridgehead atoms. The van der Waals surface area contributed by atoms with Crippen LogP contribution in [0.3, 0.4) is 0 Å². The highest BCUT2D eigenvalue weighted by Crippen LogP contribution is 2.25. The number of carbonyl (C=O) groups excluding carboxylic acids is 1. The highest BCUT2D eigenvalue weighted by Gasteiger charge is 2.14. The number of carbonyl (C=O) groups is 1. The fraction of sp³-hybridized carbons (Fsp3) is 0.118. The van der Waals surface area contributed by atoms with Crippen molar-refractivity contribution in [3.8, 4) is 0 Å². The summed E-state index contributed by atoms with van der Waals surface area (Å²) in [4.78, 5) is 15.8. The highest BCUT2D eigenvalue weighted by molar-refractivity contribution is 9.10. The Morgan fingerprint density at radius 3 is 2.45 bits per heavy atom. The molecule has 0 aliphatic rings. The van der Waals surface area contributed by atoms with Crippen molar-refractivity contribution in [3.05, 3.63) is 69.3 Å². The summed E-state index contributed by atoms with van der Waals surface area (Å²) in [5.41, 5.74) is 4.64. The molecule has 0 saturated carbocycles. The van der Waals surface area contributed by atoms with Crippen LogP contribution in [0.15, 0.2) is 47.1 Å². The molecule has 0 aliphatic heterocycles. The molecular weight excluding hydrogens is 314 g/mol. The lowest BCUT2D eigenvalue weighted by molar-refractivity contribution is 0.104. The minimum atomic E-state index is 0.0605. The fourth-order valence-corrected chi connectivity index (χ4v) is 2.91. The monoisotopic (exact) mass is 327 g/mol. The fourth-order valence-electron chi connectivity index (χ4n) is 2.55. The molecule has 1 heterocycles. The number of halogens is 1. The van der Waals surface area contributed by atoms with Crippen LogP contribution in [0.25, 0.3) is 10.9 Å². The molecule has 0 aliphatic carbocycles. The number of hydrogen-bond donors (Lipinski definition) is 1. The number of aromatic amines is 1. The maximum Gasteiger partial charge on any atom is 0.195 e. The first-order chi connectivity index (χ1) is 9.54. The number of ketones is 1. The third-order valence-electron chi connectivity index (χ3n) is 3.37. The Hall–Kier alpha value is -1.87. The van der Waals surface area contributed by atoms with Gasteiger partial charge in [-0.05, 0) is 38.1 Å². The van der Waals surface area contributed by atoms with Gasteiger partial charge in [-0.2, -0.15) is 0 Å². The number of fused-ring (bicyclic) bond motifs is 1. The van der Waals surface area contributed by atoms with Crippen LogP contribution in [0.4, 0.5) is 0 Å². The molecule has 1 aromatic heterocycles. The minimum Gasteiger partial charge on any atom is -0.360 e. The van der Waals surface area contributed by atoms with Gasteiger partial charge in [0.15, 0.2) is 5.78 Å². The predicted molar refractivity (Wildman–Crippen MR) is 85.3 cm³/mol. The first-order valence-corrected chi connectivity index (χ1v) is 7.23. The van der Waals surface area contributed by atoms with Crippen LogP contribution in [-0.4, -0.2) is 10.8 Å². The lowest BCUT2D eigenvalue weighted by Gasteiger charge is -2.04. The van der Waals surface area contributed by atoms with E-state index in [4.69, 9.17) is 0 Å². The zero-order valence-electron chi connectivity index (χ0n) is 11.3. The van der Waals surface area contributed by atoms with Gasteiger partial charge in [-0.3, -0.25) is 4.79 Å². The third-order valence-corrected chi connectivity index (χ3v) is 3.87. The van der Waals surface area contributed by atoms with Gasteiger partial charge in [-0.15, -0.1) is 0 Å². The number of hydrogen-bond acceptors (Lipinski definition) is 1. The van der Waals surface area contributed by atoms with E-state index in [1.807, 2.05) is 44.2 Å². The van der Waals surface area contributed by atoms with Crippen molar-refractivity contribution in [2.45, 2.75) is 13.8 Å². The van der Waals surface area contributed by atoms with Crippen LogP contribution in [0.1, 0.15) is 27.0 Å². The SMILES string of the molecule is Cc1cc(C)cc(C(=O)c2c[nH]c3cc(Br)ccc23)c1. The summed E-state index contributed by atoms with van der Waals surface area (Å²) in [6.45, 7) is 4.02. The average Bonchev–Trinajstić information content (AvgIpc) is 2.79. The second kappa shape index (κ2) is 4.91. The van der Waals surface area contributed by atoms with Gasteiger partial charge in [0.2, 0.25) is 0 Å². The molecular formula is C17H14BrNO. The molecule has 0 saturated heterocycles. The van der Waals surface area contributed by atoms with E-state index < -0.39 is 0 Å². The van der Waals surface area contributed by atoms with Gasteiger partial charge in [0.1, 0.15) is 0 Å². The quantitative estimate of drug-likeness (QED) is 0.675. The lowest BCUT2D eigenvalue weighted by atomic mass is 9.99. The maximum atomic E-state index is 12.7. The molecule has 1 N–H and O–H groups in total. The van der Waals surface area contributed by atoms with Crippen LogP contribution in [0, 0.1) is 13.8 Å². The van der Waals surface area contributed by atoms with E-state index >= 15 is 0 Å². The Kier molecular flexibility index (Phi) is 3.22. The molecule has 0 unspecified atom stereocenters. The van der Waals surface area contributed by atoms with Crippen LogP contribution < -0.4 is 0 Å². The van der Waals surface area contributed by atoms with Crippen molar-refractivity contribution in [1.29, 1.82) is 0 Å². The molecule has 0 spiro atoms. The molecule has 0 amide bonds. The van der Waals surface area contributed by atoms with Gasteiger partial charge in [0.25, 0.3) is 0 Å². The molecule has 2 nitrogen and oxygen atoms in total. The smallest absolute Gasteiger partial charge is 0.195 e. The Morgan fingerprint density at radius 1 is 1.05 bits per heavy atom. The van der Waals surface area contributed by atoms with Gasteiger partial charge >= 0.3 is 0 Å². The van der Waals surface area contributed by atoms with Crippen molar-refractivity contribution in [3.63, 3.8) is 0 Å². The van der Waals surface area contributed by atoms with E-state index in [1.54, 1.807) is 6.20 Å². The van der Waals surface area contributed by atoms with Gasteiger partial charge < -0.3 is 4.98 Å². The Labute approximate surface area is 126 Å². The molecule has 0 fully saturated rings. The van der Waals surface area contributed by atoms with E-state index in [-0.39, 0.29) is 5.78 Å². The van der Waals surface area contributed by atoms with Gasteiger partial charge in [0.05, 0.1) is 0 Å². The lowest BCUT2D eigenvalue weighted by Crippen LogP contribution is -2.01. The molecule has 2 aromatic carbocycles. The van der Waals surface area contributed by atoms with Crippen molar-refractivity contribution >= 4 is 32.6 Å². The first kappa shape index (κ1) is 13.1. The van der Waals surface area contributed by atoms with E-state index in [2.05, 4.69) is 27.0 Å². The zero-order valence-corrected chi connectivity index (χ0v) is 12.9. The van der Waals surface area contributed by atoms with Gasteiger partial charge in [-0.25, -0.2) is 0 Å². The normalized spacial score (nSPS) is 10.9. The minimum absolute atomic E-state index is 0.0605. The van der Waals surface area contributed by atoms with Crippen LogP contribution in [0.2, 0.25) is 0 Å². The predicted octanol–water partition coefficient (Wildman–Crippen LogP) is 4.78. The Balaban J connectivity index is 2.12. The molecule has 0 atom stereocenters. The second-order valence-electron chi connectivity index (χ2n) is 5.10. The van der Waals surface area contributed by atoms with Crippen LogP contribution in [0.5, 0.6) is 0 Å². The highest BCUT2D eigenvalue weighted by atomic mass is 79.9. The molecule has 3 aromatic rings. The summed E-state index contributed by atoms with van der Waals surface area (Å²) in [6.07, 6.45) is 1.79. The van der Waals surface area contributed by atoms with Gasteiger partial charge in [-0.1, -0.05) is 39.2 Å². The van der Waals surface area contributed by atoms with E-state index in [1.165, 1.54) is 0 Å². The number of rotatable bonds is 2. The van der Waals surface area contributed by atoms with Crippen molar-refractivity contribution in [1.82, 2.24) is 4.98 Å². The van der Waals surface area contributed by atoms with Crippen LogP contribution in [-0.2, 0) is 0 Å². The zero-order chi connectivity index (χ0) is 14.3. The topological polar surface area (TPSA) is 32.9 Å². The first-order valence-electron chi connectivity index (χ1n) is 6.44. The standard InChI is InChI=1S/C17H14BrNO/c1-10-5-11(2)7-12(6-10)17(20)15-9-19-16-8-13(18)3-4-14(15)16/h3-9,19H,1-2H3. The summed E-state index contributed by atoms with van der Waals surface area (Å²) < 4.78 is 0.997. The number of aryl methyl sites for hydroxylation is 2. The molecule has 3 heteroatoms. The molecule has 3 rings (SSSR count). The number of H-pyrrole nitrogens is 1. The molecule has 20 heavy (non-hydrogen) atoms.